The van der Waals surface area contributed by atoms with E-state index >= 15 is 0 Å². The SMILES string of the molecule is CCCNCc1cccc(F)c1OCCC(C)C. The fourth-order valence-corrected chi connectivity index (χ4v) is 1.65. The van der Waals surface area contributed by atoms with E-state index in [9.17, 15) is 4.39 Å². The molecule has 0 saturated carbocycles. The fraction of sp³-hybridized carbons (Fsp3) is 0.600. The van der Waals surface area contributed by atoms with Crippen LogP contribution in [0.3, 0.4) is 0 Å². The molecule has 1 aromatic carbocycles. The Morgan fingerprint density at radius 3 is 2.78 bits per heavy atom. The maximum Gasteiger partial charge on any atom is 0.165 e. The Hall–Kier alpha value is -1.09. The molecule has 0 fully saturated rings. The molecule has 2 nitrogen and oxygen atoms in total. The Labute approximate surface area is 110 Å². The van der Waals surface area contributed by atoms with Crippen molar-refractivity contribution in [2.45, 2.75) is 40.2 Å². The maximum absolute atomic E-state index is 13.7. The van der Waals surface area contributed by atoms with Crippen molar-refractivity contribution in [2.24, 2.45) is 5.92 Å². The van der Waals surface area contributed by atoms with Crippen molar-refractivity contribution in [3.63, 3.8) is 0 Å². The molecule has 1 aromatic rings. The van der Waals surface area contributed by atoms with Gasteiger partial charge in [0.2, 0.25) is 0 Å². The van der Waals surface area contributed by atoms with Crippen LogP contribution < -0.4 is 10.1 Å². The van der Waals surface area contributed by atoms with Crippen molar-refractivity contribution < 1.29 is 9.13 Å². The summed E-state index contributed by atoms with van der Waals surface area (Å²) in [5, 5.41) is 3.27. The Kier molecular flexibility index (Phi) is 6.73. The van der Waals surface area contributed by atoms with Crippen molar-refractivity contribution in [3.8, 4) is 5.75 Å². The zero-order chi connectivity index (χ0) is 13.4. The first kappa shape index (κ1) is 15.0. The van der Waals surface area contributed by atoms with Gasteiger partial charge < -0.3 is 10.1 Å². The Bertz CT molecular complexity index is 352. The molecule has 0 amide bonds. The lowest BCUT2D eigenvalue weighted by Crippen LogP contribution is -2.15. The Balaban J connectivity index is 2.61. The molecule has 0 unspecified atom stereocenters. The van der Waals surface area contributed by atoms with E-state index in [0.717, 1.165) is 24.9 Å². The lowest BCUT2D eigenvalue weighted by atomic mass is 10.1. The van der Waals surface area contributed by atoms with E-state index in [-0.39, 0.29) is 5.82 Å². The van der Waals surface area contributed by atoms with Crippen molar-refractivity contribution in [2.75, 3.05) is 13.2 Å². The van der Waals surface area contributed by atoms with Crippen LogP contribution in [0.1, 0.15) is 39.2 Å². The normalized spacial score (nSPS) is 10.9. The number of halogens is 1. The first-order valence-corrected chi connectivity index (χ1v) is 6.76. The third kappa shape index (κ3) is 5.05. The molecule has 0 bridgehead atoms. The molecule has 0 atom stereocenters. The molecule has 0 radical (unpaired) electrons. The van der Waals surface area contributed by atoms with Gasteiger partial charge in [0.25, 0.3) is 0 Å². The van der Waals surface area contributed by atoms with Crippen LogP contribution in [0.15, 0.2) is 18.2 Å². The third-order valence-electron chi connectivity index (χ3n) is 2.73. The van der Waals surface area contributed by atoms with E-state index in [1.807, 2.05) is 6.07 Å². The summed E-state index contributed by atoms with van der Waals surface area (Å²) in [5.41, 5.74) is 0.896. The second-order valence-electron chi connectivity index (χ2n) is 4.94. The van der Waals surface area contributed by atoms with E-state index in [2.05, 4.69) is 26.1 Å². The van der Waals surface area contributed by atoms with Crippen LogP contribution >= 0.6 is 0 Å². The highest BCUT2D eigenvalue weighted by Crippen LogP contribution is 2.23. The number of para-hydroxylation sites is 1. The highest BCUT2D eigenvalue weighted by atomic mass is 19.1. The first-order chi connectivity index (χ1) is 8.65. The monoisotopic (exact) mass is 253 g/mol. The molecule has 0 spiro atoms. The predicted octanol–water partition coefficient (Wildman–Crippen LogP) is 3.75. The van der Waals surface area contributed by atoms with Crippen LogP contribution in [0, 0.1) is 11.7 Å². The summed E-state index contributed by atoms with van der Waals surface area (Å²) in [6.45, 7) is 8.53. The summed E-state index contributed by atoms with van der Waals surface area (Å²) < 4.78 is 19.3. The lowest BCUT2D eigenvalue weighted by molar-refractivity contribution is 0.273. The Morgan fingerprint density at radius 2 is 2.11 bits per heavy atom. The molecular formula is C15H24FNO. The standard InChI is InChI=1S/C15H24FNO/c1-4-9-17-11-13-6-5-7-14(16)15(13)18-10-8-12(2)3/h5-7,12,17H,4,8-11H2,1-3H3. The summed E-state index contributed by atoms with van der Waals surface area (Å²) in [6, 6.07) is 5.10. The van der Waals surface area contributed by atoms with Crippen molar-refractivity contribution in [1.29, 1.82) is 0 Å². The van der Waals surface area contributed by atoms with E-state index in [1.54, 1.807) is 6.07 Å². The molecule has 3 heteroatoms. The van der Waals surface area contributed by atoms with Crippen LogP contribution in [0.2, 0.25) is 0 Å². The molecule has 1 rings (SSSR count). The van der Waals surface area contributed by atoms with Crippen molar-refractivity contribution in [1.82, 2.24) is 5.32 Å². The van der Waals surface area contributed by atoms with E-state index in [1.165, 1.54) is 6.07 Å². The molecule has 0 heterocycles. The molecule has 0 aliphatic heterocycles. The summed E-state index contributed by atoms with van der Waals surface area (Å²) in [7, 11) is 0. The smallest absolute Gasteiger partial charge is 0.165 e. The molecule has 0 aliphatic rings. The quantitative estimate of drug-likeness (QED) is 0.712. The summed E-state index contributed by atoms with van der Waals surface area (Å²) >= 11 is 0. The number of rotatable bonds is 8. The highest BCUT2D eigenvalue weighted by molar-refractivity contribution is 5.34. The predicted molar refractivity (Wildman–Crippen MR) is 73.3 cm³/mol. The van der Waals surface area contributed by atoms with Gasteiger partial charge in [0.15, 0.2) is 11.6 Å². The average Bonchev–Trinajstić information content (AvgIpc) is 2.32. The summed E-state index contributed by atoms with van der Waals surface area (Å²) in [4.78, 5) is 0. The van der Waals surface area contributed by atoms with Crippen LogP contribution in [-0.2, 0) is 6.54 Å². The van der Waals surface area contributed by atoms with Crippen LogP contribution in [0.25, 0.3) is 0 Å². The van der Waals surface area contributed by atoms with Gasteiger partial charge >= 0.3 is 0 Å². The second-order valence-corrected chi connectivity index (χ2v) is 4.94. The first-order valence-electron chi connectivity index (χ1n) is 6.76. The van der Waals surface area contributed by atoms with E-state index < -0.39 is 0 Å². The van der Waals surface area contributed by atoms with Gasteiger partial charge in [-0.1, -0.05) is 32.9 Å². The van der Waals surface area contributed by atoms with Gasteiger partial charge in [-0.3, -0.25) is 0 Å². The molecule has 1 N–H and O–H groups in total. The fourth-order valence-electron chi connectivity index (χ4n) is 1.65. The van der Waals surface area contributed by atoms with Crippen LogP contribution in [0.4, 0.5) is 4.39 Å². The van der Waals surface area contributed by atoms with Gasteiger partial charge in [0.05, 0.1) is 6.61 Å². The second kappa shape index (κ2) is 8.09. The third-order valence-corrected chi connectivity index (χ3v) is 2.73. The Morgan fingerprint density at radius 1 is 1.33 bits per heavy atom. The number of benzene rings is 1. The molecule has 0 aromatic heterocycles. The largest absolute Gasteiger partial charge is 0.490 e. The van der Waals surface area contributed by atoms with Crippen LogP contribution in [0.5, 0.6) is 5.75 Å². The molecule has 0 aliphatic carbocycles. The minimum Gasteiger partial charge on any atom is -0.490 e. The summed E-state index contributed by atoms with van der Waals surface area (Å²) in [5.74, 6) is 0.703. The number of nitrogens with one attached hydrogen (secondary N) is 1. The maximum atomic E-state index is 13.7. The number of hydrogen-bond donors (Lipinski definition) is 1. The lowest BCUT2D eigenvalue weighted by Gasteiger charge is -2.13. The van der Waals surface area contributed by atoms with Crippen LogP contribution in [-0.4, -0.2) is 13.2 Å². The van der Waals surface area contributed by atoms with Gasteiger partial charge in [-0.15, -0.1) is 0 Å². The topological polar surface area (TPSA) is 21.3 Å². The number of ether oxygens (including phenoxy) is 1. The van der Waals surface area contributed by atoms with Gasteiger partial charge in [-0.2, -0.15) is 0 Å². The van der Waals surface area contributed by atoms with Gasteiger partial charge in [-0.25, -0.2) is 4.39 Å². The van der Waals surface area contributed by atoms with E-state index in [0.29, 0.717) is 24.8 Å². The zero-order valence-corrected chi connectivity index (χ0v) is 11.6. The summed E-state index contributed by atoms with van der Waals surface area (Å²) in [6.07, 6.45) is 2.01. The molecule has 102 valence electrons. The van der Waals surface area contributed by atoms with Crippen molar-refractivity contribution >= 4 is 0 Å². The number of hydrogen-bond acceptors (Lipinski definition) is 2. The van der Waals surface area contributed by atoms with Gasteiger partial charge in [0.1, 0.15) is 0 Å². The average molecular weight is 253 g/mol. The van der Waals surface area contributed by atoms with Gasteiger partial charge in [-0.05, 0) is 31.4 Å². The molecular weight excluding hydrogens is 229 g/mol. The van der Waals surface area contributed by atoms with Crippen molar-refractivity contribution in [3.05, 3.63) is 29.6 Å². The minimum atomic E-state index is -0.269. The molecule has 0 saturated heterocycles. The highest BCUT2D eigenvalue weighted by Gasteiger charge is 2.09. The zero-order valence-electron chi connectivity index (χ0n) is 11.6. The molecule has 18 heavy (non-hydrogen) atoms. The van der Waals surface area contributed by atoms with Gasteiger partial charge in [0, 0.05) is 12.1 Å². The minimum absolute atomic E-state index is 0.269. The van der Waals surface area contributed by atoms with E-state index in [4.69, 9.17) is 4.74 Å².